The van der Waals surface area contributed by atoms with Crippen molar-refractivity contribution in [1.29, 1.82) is 0 Å². The molecule has 3 rings (SSSR count). The first-order valence-electron chi connectivity index (χ1n) is 6.90. The summed E-state index contributed by atoms with van der Waals surface area (Å²) in [6.45, 7) is 0.703. The second kappa shape index (κ2) is 6.14. The number of hydrogen-bond acceptors (Lipinski definition) is 3. The Kier molecular flexibility index (Phi) is 4.06. The number of benzene rings is 2. The van der Waals surface area contributed by atoms with Crippen LogP contribution in [0.5, 0.6) is 0 Å². The van der Waals surface area contributed by atoms with E-state index in [0.29, 0.717) is 11.9 Å². The first kappa shape index (κ1) is 13.9. The average molecular weight is 296 g/mol. The van der Waals surface area contributed by atoms with E-state index in [-0.39, 0.29) is 11.3 Å². The minimum absolute atomic E-state index is 0.0380. The summed E-state index contributed by atoms with van der Waals surface area (Å²) >= 11 is 4.47. The second-order valence-corrected chi connectivity index (χ2v) is 5.36. The fourth-order valence-corrected chi connectivity index (χ4v) is 2.84. The molecule has 3 aromatic rings. The normalized spacial score (nSPS) is 12.4. The van der Waals surface area contributed by atoms with Gasteiger partial charge in [-0.3, -0.25) is 9.48 Å². The summed E-state index contributed by atoms with van der Waals surface area (Å²) in [5, 5.41) is 5.00. The van der Waals surface area contributed by atoms with Gasteiger partial charge in [-0.05, 0) is 23.4 Å². The molecule has 0 aliphatic heterocycles. The summed E-state index contributed by atoms with van der Waals surface area (Å²) in [6.07, 6.45) is 1.39. The maximum Gasteiger partial charge on any atom is 0.207 e. The number of thiol groups is 1. The van der Waals surface area contributed by atoms with Crippen LogP contribution in [0.4, 0.5) is 0 Å². The van der Waals surface area contributed by atoms with Crippen LogP contribution in [-0.4, -0.2) is 15.5 Å². The fourth-order valence-electron chi connectivity index (χ4n) is 2.51. The lowest BCUT2D eigenvalue weighted by Gasteiger charge is -2.17. The second-order valence-electron chi connectivity index (χ2n) is 5.00. The van der Waals surface area contributed by atoms with Crippen LogP contribution in [-0.2, 0) is 6.54 Å². The Morgan fingerprint density at radius 1 is 1.05 bits per heavy atom. The van der Waals surface area contributed by atoms with Crippen molar-refractivity contribution >= 4 is 23.5 Å². The van der Waals surface area contributed by atoms with Crippen molar-refractivity contribution in [3.05, 3.63) is 76.6 Å². The molecule has 0 amide bonds. The van der Waals surface area contributed by atoms with E-state index < -0.39 is 0 Å². The molecule has 0 radical (unpaired) electrons. The molecule has 0 fully saturated rings. The quantitative estimate of drug-likeness (QED) is 0.751. The van der Waals surface area contributed by atoms with Gasteiger partial charge in [-0.1, -0.05) is 42.5 Å². The molecule has 0 saturated heterocycles. The predicted molar refractivity (Wildman–Crippen MR) is 89.0 cm³/mol. The van der Waals surface area contributed by atoms with Crippen molar-refractivity contribution < 1.29 is 0 Å². The first-order valence-corrected chi connectivity index (χ1v) is 7.53. The molecule has 0 spiro atoms. The number of nitrogens with zero attached hydrogens (tertiary/aromatic N) is 2. The zero-order chi connectivity index (χ0) is 14.7. The molecule has 3 nitrogen and oxygen atoms in total. The van der Waals surface area contributed by atoms with Crippen LogP contribution in [0.15, 0.2) is 65.6 Å². The van der Waals surface area contributed by atoms with Gasteiger partial charge in [0.1, 0.15) is 0 Å². The number of rotatable bonds is 4. The SMILES string of the molecule is O=c1cnn(CC(CS)c2ccccc2)c2ccccc12. The van der Waals surface area contributed by atoms with Gasteiger partial charge in [-0.2, -0.15) is 17.7 Å². The van der Waals surface area contributed by atoms with E-state index in [1.54, 1.807) is 0 Å². The molecule has 0 N–H and O–H groups in total. The number of hydrogen-bond donors (Lipinski definition) is 1. The Balaban J connectivity index is 2.01. The third kappa shape index (κ3) is 2.85. The summed E-state index contributed by atoms with van der Waals surface area (Å²) in [5.74, 6) is 0.986. The molecule has 0 bridgehead atoms. The molecular weight excluding hydrogens is 280 g/mol. The Bertz CT molecular complexity index is 798. The van der Waals surface area contributed by atoms with Crippen LogP contribution in [0.3, 0.4) is 0 Å². The lowest BCUT2D eigenvalue weighted by molar-refractivity contribution is 0.556. The third-order valence-electron chi connectivity index (χ3n) is 3.65. The van der Waals surface area contributed by atoms with E-state index >= 15 is 0 Å². The van der Waals surface area contributed by atoms with Gasteiger partial charge in [0.05, 0.1) is 11.7 Å². The molecule has 0 aliphatic carbocycles. The smallest absolute Gasteiger partial charge is 0.207 e. The largest absolute Gasteiger partial charge is 0.287 e. The molecule has 4 heteroatoms. The highest BCUT2D eigenvalue weighted by atomic mass is 32.1. The topological polar surface area (TPSA) is 34.9 Å². The first-order chi connectivity index (χ1) is 10.3. The number of aromatic nitrogens is 2. The van der Waals surface area contributed by atoms with Crippen molar-refractivity contribution in [2.75, 3.05) is 5.75 Å². The lowest BCUT2D eigenvalue weighted by atomic mass is 10.0. The summed E-state index contributed by atoms with van der Waals surface area (Å²) in [7, 11) is 0. The van der Waals surface area contributed by atoms with Crippen LogP contribution in [0.25, 0.3) is 10.9 Å². The van der Waals surface area contributed by atoms with Crippen LogP contribution in [0.1, 0.15) is 11.5 Å². The van der Waals surface area contributed by atoms with Gasteiger partial charge in [0.2, 0.25) is 5.43 Å². The maximum atomic E-state index is 11.9. The van der Waals surface area contributed by atoms with Crippen molar-refractivity contribution in [3.63, 3.8) is 0 Å². The van der Waals surface area contributed by atoms with Crippen LogP contribution in [0.2, 0.25) is 0 Å². The Morgan fingerprint density at radius 3 is 2.52 bits per heavy atom. The Hall–Kier alpha value is -2.07. The van der Waals surface area contributed by atoms with Crippen LogP contribution >= 0.6 is 12.6 Å². The van der Waals surface area contributed by atoms with E-state index in [9.17, 15) is 4.79 Å². The van der Waals surface area contributed by atoms with Crippen LogP contribution in [0, 0.1) is 0 Å². The maximum absolute atomic E-state index is 11.9. The van der Waals surface area contributed by atoms with Gasteiger partial charge in [-0.25, -0.2) is 0 Å². The molecule has 0 saturated carbocycles. The molecule has 1 aromatic heterocycles. The Morgan fingerprint density at radius 2 is 1.76 bits per heavy atom. The molecule has 0 aliphatic rings. The zero-order valence-electron chi connectivity index (χ0n) is 11.5. The van der Waals surface area contributed by atoms with Crippen molar-refractivity contribution in [1.82, 2.24) is 9.78 Å². The fraction of sp³-hybridized carbons (Fsp3) is 0.176. The molecular formula is C17H16N2OS. The monoisotopic (exact) mass is 296 g/mol. The van der Waals surface area contributed by atoms with E-state index in [0.717, 1.165) is 11.3 Å². The summed E-state index contributed by atoms with van der Waals surface area (Å²) in [5.41, 5.74) is 2.06. The van der Waals surface area contributed by atoms with Gasteiger partial charge in [-0.15, -0.1) is 0 Å². The molecule has 1 atom stereocenters. The standard InChI is InChI=1S/C17H16N2OS/c20-17-10-18-19(16-9-5-4-8-15(16)17)11-14(12-21)13-6-2-1-3-7-13/h1-10,14,21H,11-12H2. The number of para-hydroxylation sites is 1. The summed E-state index contributed by atoms with van der Waals surface area (Å²) < 4.78 is 1.89. The van der Waals surface area contributed by atoms with Crippen LogP contribution < -0.4 is 5.43 Å². The lowest BCUT2D eigenvalue weighted by Crippen LogP contribution is -2.17. The minimum Gasteiger partial charge on any atom is -0.287 e. The number of fused-ring (bicyclic) bond motifs is 1. The average Bonchev–Trinajstić information content (AvgIpc) is 2.55. The summed E-state index contributed by atoms with van der Waals surface area (Å²) in [6, 6.07) is 17.9. The van der Waals surface area contributed by atoms with Crippen molar-refractivity contribution in [2.45, 2.75) is 12.5 Å². The van der Waals surface area contributed by atoms with E-state index in [1.165, 1.54) is 11.8 Å². The van der Waals surface area contributed by atoms with Gasteiger partial charge in [0, 0.05) is 17.8 Å². The predicted octanol–water partition coefficient (Wildman–Crippen LogP) is 3.11. The summed E-state index contributed by atoms with van der Waals surface area (Å²) in [4.78, 5) is 11.9. The molecule has 2 aromatic carbocycles. The van der Waals surface area contributed by atoms with Gasteiger partial charge in [0.25, 0.3) is 0 Å². The third-order valence-corrected chi connectivity index (χ3v) is 4.09. The van der Waals surface area contributed by atoms with E-state index in [2.05, 4.69) is 29.9 Å². The Labute approximate surface area is 128 Å². The minimum atomic E-state index is -0.0380. The molecule has 21 heavy (non-hydrogen) atoms. The highest BCUT2D eigenvalue weighted by Gasteiger charge is 2.12. The van der Waals surface area contributed by atoms with Gasteiger partial charge >= 0.3 is 0 Å². The van der Waals surface area contributed by atoms with Gasteiger partial charge in [0.15, 0.2) is 0 Å². The van der Waals surface area contributed by atoms with E-state index in [1.807, 2.05) is 47.1 Å². The molecule has 106 valence electrons. The van der Waals surface area contributed by atoms with Crippen molar-refractivity contribution in [3.8, 4) is 0 Å². The zero-order valence-corrected chi connectivity index (χ0v) is 12.4. The molecule has 1 unspecified atom stereocenters. The highest BCUT2D eigenvalue weighted by Crippen LogP contribution is 2.20. The molecule has 1 heterocycles. The highest BCUT2D eigenvalue weighted by molar-refractivity contribution is 7.80. The van der Waals surface area contributed by atoms with Gasteiger partial charge < -0.3 is 0 Å². The van der Waals surface area contributed by atoms with Crippen molar-refractivity contribution in [2.24, 2.45) is 0 Å². The van der Waals surface area contributed by atoms with E-state index in [4.69, 9.17) is 0 Å².